The molecule has 1 N–H and O–H groups in total. The van der Waals surface area contributed by atoms with Crippen LogP contribution in [-0.4, -0.2) is 19.3 Å². The van der Waals surface area contributed by atoms with Gasteiger partial charge in [-0.05, 0) is 29.8 Å². The van der Waals surface area contributed by atoms with E-state index in [-0.39, 0.29) is 5.75 Å². The maximum Gasteiger partial charge on any atom is 0.344 e. The average Bonchev–Trinajstić information content (AvgIpc) is 2.54. The highest BCUT2D eigenvalue weighted by molar-refractivity contribution is 5.84. The Morgan fingerprint density at radius 2 is 1.86 bits per heavy atom. The minimum Gasteiger partial charge on any atom is -0.504 e. The van der Waals surface area contributed by atoms with E-state index in [0.29, 0.717) is 33.6 Å². The lowest BCUT2D eigenvalue weighted by Crippen LogP contribution is -2.03. The van der Waals surface area contributed by atoms with Crippen LogP contribution in [0.25, 0.3) is 22.1 Å². The van der Waals surface area contributed by atoms with Gasteiger partial charge in [-0.1, -0.05) is 12.1 Å². The number of methoxy groups -OCH3 is 2. The van der Waals surface area contributed by atoms with Crippen molar-refractivity contribution in [2.45, 2.75) is 0 Å². The van der Waals surface area contributed by atoms with Gasteiger partial charge in [-0.3, -0.25) is 0 Å². The molecule has 0 radical (unpaired) electrons. The number of fused-ring (bicyclic) bond motifs is 1. The maximum atomic E-state index is 12.2. The Morgan fingerprint density at radius 3 is 2.59 bits per heavy atom. The van der Waals surface area contributed by atoms with Gasteiger partial charge in [-0.2, -0.15) is 0 Å². The molecule has 0 aliphatic heterocycles. The molecule has 22 heavy (non-hydrogen) atoms. The monoisotopic (exact) mass is 298 g/mol. The minimum absolute atomic E-state index is 0.0766. The third-order valence-electron chi connectivity index (χ3n) is 3.41. The van der Waals surface area contributed by atoms with Crippen LogP contribution in [0.1, 0.15) is 0 Å². The van der Waals surface area contributed by atoms with Crippen molar-refractivity contribution in [3.8, 4) is 28.4 Å². The van der Waals surface area contributed by atoms with Crippen molar-refractivity contribution in [2.24, 2.45) is 0 Å². The van der Waals surface area contributed by atoms with E-state index in [4.69, 9.17) is 13.9 Å². The predicted octanol–water partition coefficient (Wildman–Crippen LogP) is 3.18. The predicted molar refractivity (Wildman–Crippen MR) is 82.7 cm³/mol. The van der Waals surface area contributed by atoms with Crippen molar-refractivity contribution in [3.05, 3.63) is 52.9 Å². The van der Waals surface area contributed by atoms with Gasteiger partial charge in [0, 0.05) is 11.5 Å². The lowest BCUT2D eigenvalue weighted by Gasteiger charge is -2.07. The average molecular weight is 298 g/mol. The van der Waals surface area contributed by atoms with Crippen LogP contribution in [0.2, 0.25) is 0 Å². The summed E-state index contributed by atoms with van der Waals surface area (Å²) in [7, 11) is 3.03. The van der Waals surface area contributed by atoms with E-state index in [1.807, 2.05) is 0 Å². The molecule has 0 unspecified atom stereocenters. The van der Waals surface area contributed by atoms with Gasteiger partial charge in [0.2, 0.25) is 0 Å². The molecule has 5 nitrogen and oxygen atoms in total. The summed E-state index contributed by atoms with van der Waals surface area (Å²) in [6, 6.07) is 11.9. The zero-order valence-electron chi connectivity index (χ0n) is 12.1. The van der Waals surface area contributed by atoms with Crippen LogP contribution in [0.4, 0.5) is 0 Å². The highest BCUT2D eigenvalue weighted by Crippen LogP contribution is 2.32. The van der Waals surface area contributed by atoms with Gasteiger partial charge in [-0.15, -0.1) is 0 Å². The number of rotatable bonds is 3. The van der Waals surface area contributed by atoms with Crippen LogP contribution < -0.4 is 15.1 Å². The molecule has 0 amide bonds. The zero-order chi connectivity index (χ0) is 15.7. The first-order chi connectivity index (χ1) is 10.6. The van der Waals surface area contributed by atoms with Gasteiger partial charge in [0.25, 0.3) is 0 Å². The molecule has 0 atom stereocenters. The standard InChI is InChI=1S/C17H14O5/c1-20-12-5-3-4-10(6-12)13-7-11-8-16(21-2)14(18)9-15(11)22-17(13)19/h3-9,18H,1-2H3. The molecule has 0 fully saturated rings. The molecule has 5 heteroatoms. The van der Waals surface area contributed by atoms with E-state index in [1.54, 1.807) is 43.5 Å². The van der Waals surface area contributed by atoms with Crippen LogP contribution >= 0.6 is 0 Å². The first-order valence-corrected chi connectivity index (χ1v) is 6.61. The first-order valence-electron chi connectivity index (χ1n) is 6.61. The van der Waals surface area contributed by atoms with Crippen LogP contribution in [0.15, 0.2) is 51.7 Å². The molecule has 1 heterocycles. The van der Waals surface area contributed by atoms with E-state index >= 15 is 0 Å². The van der Waals surface area contributed by atoms with Crippen molar-refractivity contribution < 1.29 is 19.0 Å². The number of phenols is 1. The molecule has 0 aliphatic rings. The van der Waals surface area contributed by atoms with E-state index in [9.17, 15) is 9.90 Å². The van der Waals surface area contributed by atoms with Crippen molar-refractivity contribution in [2.75, 3.05) is 14.2 Å². The van der Waals surface area contributed by atoms with E-state index in [1.165, 1.54) is 13.2 Å². The summed E-state index contributed by atoms with van der Waals surface area (Å²) in [5, 5.41) is 10.4. The topological polar surface area (TPSA) is 68.9 Å². The summed E-state index contributed by atoms with van der Waals surface area (Å²) in [6.07, 6.45) is 0. The molecule has 0 bridgehead atoms. The number of benzene rings is 2. The van der Waals surface area contributed by atoms with Crippen molar-refractivity contribution in [1.29, 1.82) is 0 Å². The lowest BCUT2D eigenvalue weighted by molar-refractivity contribution is 0.373. The summed E-state index contributed by atoms with van der Waals surface area (Å²) in [4.78, 5) is 12.2. The van der Waals surface area contributed by atoms with E-state index in [2.05, 4.69) is 0 Å². The Bertz CT molecular complexity index is 895. The van der Waals surface area contributed by atoms with E-state index < -0.39 is 5.63 Å². The van der Waals surface area contributed by atoms with Crippen molar-refractivity contribution >= 4 is 11.0 Å². The van der Waals surface area contributed by atoms with Gasteiger partial charge >= 0.3 is 5.63 Å². The normalized spacial score (nSPS) is 10.6. The highest BCUT2D eigenvalue weighted by Gasteiger charge is 2.11. The summed E-state index contributed by atoms with van der Waals surface area (Å²) < 4.78 is 15.5. The SMILES string of the molecule is COc1cccc(-c2cc3cc(OC)c(O)cc3oc2=O)c1. The Kier molecular flexibility index (Phi) is 3.47. The highest BCUT2D eigenvalue weighted by atomic mass is 16.5. The molecule has 0 spiro atoms. The third kappa shape index (κ3) is 2.37. The summed E-state index contributed by atoms with van der Waals surface area (Å²) >= 11 is 0. The lowest BCUT2D eigenvalue weighted by atomic mass is 10.1. The first kappa shape index (κ1) is 14.0. The number of phenolic OH excluding ortho intramolecular Hbond substituents is 1. The fraction of sp³-hybridized carbons (Fsp3) is 0.118. The Morgan fingerprint density at radius 1 is 1.05 bits per heavy atom. The van der Waals surface area contributed by atoms with Crippen LogP contribution in [0, 0.1) is 0 Å². The van der Waals surface area contributed by atoms with Gasteiger partial charge in [-0.25, -0.2) is 4.79 Å². The second-order valence-corrected chi connectivity index (χ2v) is 4.74. The summed E-state index contributed by atoms with van der Waals surface area (Å²) in [5.74, 6) is 0.894. The zero-order valence-corrected chi connectivity index (χ0v) is 12.1. The quantitative estimate of drug-likeness (QED) is 0.752. The summed E-state index contributed by atoms with van der Waals surface area (Å²) in [5.41, 5.74) is 0.932. The van der Waals surface area contributed by atoms with Gasteiger partial charge in [0.15, 0.2) is 11.5 Å². The van der Waals surface area contributed by atoms with Crippen molar-refractivity contribution in [3.63, 3.8) is 0 Å². The third-order valence-corrected chi connectivity index (χ3v) is 3.41. The Labute approximate surface area is 126 Å². The fourth-order valence-electron chi connectivity index (χ4n) is 2.29. The van der Waals surface area contributed by atoms with E-state index in [0.717, 1.165) is 0 Å². The largest absolute Gasteiger partial charge is 0.504 e. The Balaban J connectivity index is 2.23. The molecular formula is C17H14O5. The number of hydrogen-bond acceptors (Lipinski definition) is 5. The smallest absolute Gasteiger partial charge is 0.344 e. The molecule has 2 aromatic carbocycles. The molecule has 3 aromatic rings. The second kappa shape index (κ2) is 5.44. The number of ether oxygens (including phenoxy) is 2. The van der Waals surface area contributed by atoms with Crippen LogP contribution in [-0.2, 0) is 0 Å². The molecule has 0 aliphatic carbocycles. The molecule has 0 saturated heterocycles. The maximum absolute atomic E-state index is 12.2. The van der Waals surface area contributed by atoms with Gasteiger partial charge in [0.1, 0.15) is 11.3 Å². The molecular weight excluding hydrogens is 284 g/mol. The molecule has 0 saturated carbocycles. The molecule has 3 rings (SSSR count). The number of aromatic hydroxyl groups is 1. The number of hydrogen-bond donors (Lipinski definition) is 1. The van der Waals surface area contributed by atoms with Crippen LogP contribution in [0.3, 0.4) is 0 Å². The summed E-state index contributed by atoms with van der Waals surface area (Å²) in [6.45, 7) is 0. The van der Waals surface area contributed by atoms with Crippen LogP contribution in [0.5, 0.6) is 17.2 Å². The minimum atomic E-state index is -0.481. The fourth-order valence-corrected chi connectivity index (χ4v) is 2.29. The van der Waals surface area contributed by atoms with Gasteiger partial charge < -0.3 is 19.0 Å². The molecule has 1 aromatic heterocycles. The van der Waals surface area contributed by atoms with Gasteiger partial charge in [0.05, 0.1) is 19.8 Å². The van der Waals surface area contributed by atoms with Crippen molar-refractivity contribution in [1.82, 2.24) is 0 Å². The Hall–Kier alpha value is -2.95. The molecule has 112 valence electrons. The second-order valence-electron chi connectivity index (χ2n) is 4.74.